The van der Waals surface area contributed by atoms with Crippen LogP contribution in [0.4, 0.5) is 11.4 Å². The molecule has 0 radical (unpaired) electrons. The molecule has 0 spiro atoms. The van der Waals surface area contributed by atoms with Crippen molar-refractivity contribution in [1.82, 2.24) is 4.90 Å². The largest absolute Gasteiger partial charge is 0.495 e. The lowest BCUT2D eigenvalue weighted by Gasteiger charge is -2.23. The fourth-order valence-corrected chi connectivity index (χ4v) is 2.92. The molecule has 2 amide bonds. The maximum absolute atomic E-state index is 12.5. The molecule has 154 valence electrons. The molecule has 0 bridgehead atoms. The van der Waals surface area contributed by atoms with Gasteiger partial charge < -0.3 is 24.8 Å². The summed E-state index contributed by atoms with van der Waals surface area (Å²) in [6.45, 7) is 1.89. The van der Waals surface area contributed by atoms with Gasteiger partial charge in [0.25, 0.3) is 0 Å². The van der Waals surface area contributed by atoms with Gasteiger partial charge in [-0.2, -0.15) is 0 Å². The van der Waals surface area contributed by atoms with Gasteiger partial charge in [-0.3, -0.25) is 14.5 Å². The Hall–Kier alpha value is -2.97. The molecule has 2 aromatic carbocycles. The molecule has 0 aromatic heterocycles. The number of nitrogens with zero attached hydrogens (tertiary/aromatic N) is 1. The lowest BCUT2D eigenvalue weighted by atomic mass is 10.2. The van der Waals surface area contributed by atoms with Crippen molar-refractivity contribution in [2.75, 3.05) is 38.1 Å². The minimum atomic E-state index is -0.549. The summed E-state index contributed by atoms with van der Waals surface area (Å²) in [4.78, 5) is 26.6. The highest BCUT2D eigenvalue weighted by molar-refractivity contribution is 6.31. The van der Waals surface area contributed by atoms with Crippen molar-refractivity contribution in [3.8, 4) is 17.2 Å². The molecule has 8 nitrogen and oxygen atoms in total. The molecule has 29 heavy (non-hydrogen) atoms. The summed E-state index contributed by atoms with van der Waals surface area (Å²) in [6, 6.07) is 9.56. The van der Waals surface area contributed by atoms with Crippen molar-refractivity contribution < 1.29 is 23.8 Å². The molecule has 0 saturated carbocycles. The van der Waals surface area contributed by atoms with Crippen molar-refractivity contribution in [2.24, 2.45) is 0 Å². The normalized spacial score (nSPS) is 13.1. The van der Waals surface area contributed by atoms with E-state index in [4.69, 9.17) is 25.8 Å². The van der Waals surface area contributed by atoms with Crippen molar-refractivity contribution in [2.45, 2.75) is 13.0 Å². The Balaban J connectivity index is 1.56. The Bertz CT molecular complexity index is 921. The van der Waals surface area contributed by atoms with E-state index in [1.165, 1.54) is 7.11 Å². The minimum Gasteiger partial charge on any atom is -0.495 e. The standard InChI is InChI=1S/C20H22ClN3O5/c1-12(20(26)22-14-5-7-17-18(9-14)29-11-28-17)24(2)10-19(25)23-15-8-13(21)4-6-16(15)27-3/h4-9,12H,10-11H2,1-3H3,(H,22,26)(H,23,25)/t12-/m0/s1. The van der Waals surface area contributed by atoms with E-state index in [0.29, 0.717) is 33.6 Å². The lowest BCUT2D eigenvalue weighted by Crippen LogP contribution is -2.43. The van der Waals surface area contributed by atoms with Crippen molar-refractivity contribution >= 4 is 34.8 Å². The summed E-state index contributed by atoms with van der Waals surface area (Å²) < 4.78 is 15.8. The maximum atomic E-state index is 12.5. The molecular weight excluding hydrogens is 398 g/mol. The van der Waals surface area contributed by atoms with Crippen molar-refractivity contribution in [3.63, 3.8) is 0 Å². The Morgan fingerprint density at radius 1 is 1.17 bits per heavy atom. The number of ether oxygens (including phenoxy) is 3. The molecule has 1 aliphatic rings. The van der Waals surface area contributed by atoms with Gasteiger partial charge in [0.2, 0.25) is 18.6 Å². The molecule has 9 heteroatoms. The first kappa shape index (κ1) is 20.8. The van der Waals surface area contributed by atoms with E-state index in [1.807, 2.05) is 0 Å². The number of rotatable bonds is 7. The fraction of sp³-hybridized carbons (Fsp3) is 0.300. The van der Waals surface area contributed by atoms with Crippen LogP contribution in [0.25, 0.3) is 0 Å². The van der Waals surface area contributed by atoms with E-state index >= 15 is 0 Å². The second kappa shape index (κ2) is 9.02. The van der Waals surface area contributed by atoms with Crippen LogP contribution in [0.5, 0.6) is 17.2 Å². The third kappa shape index (κ3) is 5.10. The zero-order chi connectivity index (χ0) is 21.0. The minimum absolute atomic E-state index is 0.00535. The predicted octanol–water partition coefficient (Wildman–Crippen LogP) is 2.97. The lowest BCUT2D eigenvalue weighted by molar-refractivity contribution is -0.122. The van der Waals surface area contributed by atoms with Crippen LogP contribution in [0.2, 0.25) is 5.02 Å². The van der Waals surface area contributed by atoms with Gasteiger partial charge in [-0.15, -0.1) is 0 Å². The van der Waals surface area contributed by atoms with Crippen LogP contribution in [0, 0.1) is 0 Å². The van der Waals surface area contributed by atoms with Crippen LogP contribution >= 0.6 is 11.6 Å². The molecule has 1 heterocycles. The Kier molecular flexibility index (Phi) is 6.46. The number of nitrogens with one attached hydrogen (secondary N) is 2. The maximum Gasteiger partial charge on any atom is 0.241 e. The van der Waals surface area contributed by atoms with E-state index in [1.54, 1.807) is 55.3 Å². The van der Waals surface area contributed by atoms with Crippen LogP contribution in [0.1, 0.15) is 6.92 Å². The average molecular weight is 420 g/mol. The first-order valence-electron chi connectivity index (χ1n) is 8.91. The number of carbonyl (C=O) groups is 2. The summed E-state index contributed by atoms with van der Waals surface area (Å²) in [5.74, 6) is 1.18. The van der Waals surface area contributed by atoms with Crippen LogP contribution in [-0.2, 0) is 9.59 Å². The van der Waals surface area contributed by atoms with Gasteiger partial charge in [-0.1, -0.05) is 11.6 Å². The topological polar surface area (TPSA) is 89.1 Å². The van der Waals surface area contributed by atoms with E-state index in [9.17, 15) is 9.59 Å². The molecule has 3 rings (SSSR count). The van der Waals surface area contributed by atoms with Gasteiger partial charge in [-0.25, -0.2) is 0 Å². The van der Waals surface area contributed by atoms with Crippen molar-refractivity contribution in [1.29, 1.82) is 0 Å². The molecule has 2 N–H and O–H groups in total. The highest BCUT2D eigenvalue weighted by Gasteiger charge is 2.22. The van der Waals surface area contributed by atoms with Gasteiger partial charge in [0, 0.05) is 16.8 Å². The second-order valence-electron chi connectivity index (χ2n) is 6.54. The number of hydrogen-bond acceptors (Lipinski definition) is 6. The number of hydrogen-bond donors (Lipinski definition) is 2. The zero-order valence-electron chi connectivity index (χ0n) is 16.3. The van der Waals surface area contributed by atoms with Gasteiger partial charge >= 0.3 is 0 Å². The highest BCUT2D eigenvalue weighted by atomic mass is 35.5. The van der Waals surface area contributed by atoms with E-state index in [2.05, 4.69) is 10.6 Å². The van der Waals surface area contributed by atoms with Crippen LogP contribution in [0.3, 0.4) is 0 Å². The summed E-state index contributed by atoms with van der Waals surface area (Å²) in [5, 5.41) is 6.05. The fourth-order valence-electron chi connectivity index (χ4n) is 2.75. The molecule has 0 saturated heterocycles. The average Bonchev–Trinajstić information content (AvgIpc) is 3.15. The Morgan fingerprint density at radius 3 is 2.69 bits per heavy atom. The smallest absolute Gasteiger partial charge is 0.241 e. The van der Waals surface area contributed by atoms with E-state index in [-0.39, 0.29) is 25.2 Å². The SMILES string of the molecule is COc1ccc(Cl)cc1NC(=O)CN(C)[C@@H](C)C(=O)Nc1ccc2c(c1)OCO2. The molecule has 2 aromatic rings. The monoisotopic (exact) mass is 419 g/mol. The number of methoxy groups -OCH3 is 1. The first-order chi connectivity index (χ1) is 13.9. The predicted molar refractivity (Wildman–Crippen MR) is 110 cm³/mol. The quantitative estimate of drug-likeness (QED) is 0.717. The van der Waals surface area contributed by atoms with Gasteiger partial charge in [0.1, 0.15) is 5.75 Å². The van der Waals surface area contributed by atoms with Crippen molar-refractivity contribution in [3.05, 3.63) is 41.4 Å². The Morgan fingerprint density at radius 2 is 1.93 bits per heavy atom. The molecule has 1 atom stereocenters. The third-order valence-electron chi connectivity index (χ3n) is 4.51. The van der Waals surface area contributed by atoms with Gasteiger partial charge in [0.05, 0.1) is 25.4 Å². The molecule has 1 aliphatic heterocycles. The summed E-state index contributed by atoms with van der Waals surface area (Å²) in [7, 11) is 3.20. The molecule has 0 unspecified atom stereocenters. The second-order valence-corrected chi connectivity index (χ2v) is 6.98. The van der Waals surface area contributed by atoms with Gasteiger partial charge in [-0.05, 0) is 44.3 Å². The van der Waals surface area contributed by atoms with E-state index < -0.39 is 6.04 Å². The van der Waals surface area contributed by atoms with Crippen LogP contribution < -0.4 is 24.8 Å². The molecule has 0 fully saturated rings. The molecular formula is C20H22ClN3O5. The number of carbonyl (C=O) groups excluding carboxylic acids is 2. The summed E-state index contributed by atoms with van der Waals surface area (Å²) in [5.41, 5.74) is 1.06. The first-order valence-corrected chi connectivity index (χ1v) is 9.29. The molecule has 0 aliphatic carbocycles. The van der Waals surface area contributed by atoms with Gasteiger partial charge in [0.15, 0.2) is 11.5 Å². The number of likely N-dealkylation sites (N-methyl/N-ethyl adjacent to an activating group) is 1. The Labute approximate surface area is 173 Å². The number of anilines is 2. The number of benzene rings is 2. The van der Waals surface area contributed by atoms with Crippen LogP contribution in [0.15, 0.2) is 36.4 Å². The number of amides is 2. The third-order valence-corrected chi connectivity index (χ3v) is 4.74. The zero-order valence-corrected chi connectivity index (χ0v) is 17.1. The van der Waals surface area contributed by atoms with E-state index in [0.717, 1.165) is 0 Å². The number of halogens is 1. The van der Waals surface area contributed by atoms with Crippen LogP contribution in [-0.4, -0.2) is 50.3 Å². The summed E-state index contributed by atoms with van der Waals surface area (Å²) >= 11 is 5.98. The highest BCUT2D eigenvalue weighted by Crippen LogP contribution is 2.34. The number of fused-ring (bicyclic) bond motifs is 1. The summed E-state index contributed by atoms with van der Waals surface area (Å²) in [6.07, 6.45) is 0.